The molecule has 11 heteroatoms. The molecule has 0 aromatic carbocycles. The maximum Gasteiger partial charge on any atom is 0.294 e. The van der Waals surface area contributed by atoms with Gasteiger partial charge >= 0.3 is 0 Å². The number of hydroxylamine groups is 1. The predicted octanol–water partition coefficient (Wildman–Crippen LogP) is 2.78. The molecule has 2 aromatic rings. The molecule has 0 unspecified atom stereocenters. The summed E-state index contributed by atoms with van der Waals surface area (Å²) in [6.45, 7) is 3.21. The van der Waals surface area contributed by atoms with Gasteiger partial charge in [-0.05, 0) is 19.8 Å². The monoisotopic (exact) mass is 431 g/mol. The summed E-state index contributed by atoms with van der Waals surface area (Å²) in [6, 6.07) is 0.0309. The van der Waals surface area contributed by atoms with Crippen LogP contribution in [-0.4, -0.2) is 48.0 Å². The minimum absolute atomic E-state index is 0.0309. The Bertz CT molecular complexity index is 845. The van der Waals surface area contributed by atoms with Crippen molar-refractivity contribution in [3.05, 3.63) is 32.5 Å². The van der Waals surface area contributed by atoms with Crippen LogP contribution < -0.4 is 15.7 Å². The summed E-state index contributed by atoms with van der Waals surface area (Å²) in [7, 11) is 1.37. The van der Waals surface area contributed by atoms with Crippen molar-refractivity contribution in [2.24, 2.45) is 0 Å². The number of carbonyl (C=O) groups excluding carboxylic acids is 2. The van der Waals surface area contributed by atoms with E-state index in [0.29, 0.717) is 16.4 Å². The topological polar surface area (TPSA) is 99.4 Å². The van der Waals surface area contributed by atoms with Gasteiger partial charge in [-0.15, -0.1) is 11.3 Å². The number of amides is 2. The Labute approximate surface area is 170 Å². The Balaban J connectivity index is 1.55. The normalized spacial score (nSPS) is 15.0. The van der Waals surface area contributed by atoms with E-state index in [1.807, 2.05) is 0 Å². The van der Waals surface area contributed by atoms with Crippen LogP contribution in [0.1, 0.15) is 39.5 Å². The zero-order valence-electron chi connectivity index (χ0n) is 14.8. The van der Waals surface area contributed by atoms with Crippen LogP contribution in [0.2, 0.25) is 10.0 Å². The quantitative estimate of drug-likeness (QED) is 0.631. The molecular weight excluding hydrogens is 413 g/mol. The summed E-state index contributed by atoms with van der Waals surface area (Å²) in [6.07, 6.45) is 1.52. The number of thiazole rings is 1. The van der Waals surface area contributed by atoms with Crippen LogP contribution in [-0.2, 0) is 4.84 Å². The van der Waals surface area contributed by atoms with Crippen LogP contribution in [0.25, 0.3) is 0 Å². The molecule has 0 bridgehead atoms. The summed E-state index contributed by atoms with van der Waals surface area (Å²) in [5, 5.41) is 6.07. The highest BCUT2D eigenvalue weighted by Gasteiger charge is 2.25. The van der Waals surface area contributed by atoms with Gasteiger partial charge in [0.15, 0.2) is 5.13 Å². The number of piperidine rings is 1. The molecular formula is C16H19Cl2N5O3S. The molecule has 3 N–H and O–H groups in total. The molecule has 0 spiro atoms. The predicted molar refractivity (Wildman–Crippen MR) is 105 cm³/mol. The minimum Gasteiger partial charge on any atom is -0.352 e. The van der Waals surface area contributed by atoms with Crippen LogP contribution in [0.5, 0.6) is 0 Å². The molecule has 1 aliphatic rings. The van der Waals surface area contributed by atoms with E-state index in [9.17, 15) is 9.59 Å². The molecule has 146 valence electrons. The molecule has 2 amide bonds. The second-order valence-electron chi connectivity index (χ2n) is 6.14. The molecule has 3 heterocycles. The largest absolute Gasteiger partial charge is 0.352 e. The zero-order chi connectivity index (χ0) is 19.6. The van der Waals surface area contributed by atoms with Crippen molar-refractivity contribution in [2.45, 2.75) is 25.8 Å². The number of halogens is 2. The minimum atomic E-state index is -0.376. The number of aromatic nitrogens is 2. The summed E-state index contributed by atoms with van der Waals surface area (Å²) >= 11 is 13.5. The van der Waals surface area contributed by atoms with Crippen molar-refractivity contribution >= 4 is 51.5 Å². The fraction of sp³-hybridized carbons (Fsp3) is 0.438. The number of hydrogen-bond acceptors (Lipinski definition) is 6. The SMILES string of the molecule is CONC(=O)c1csc(N2CCC(NC(=O)c3[nH]c(C)c(Cl)c3Cl)CC2)n1. The van der Waals surface area contributed by atoms with Crippen molar-refractivity contribution in [3.63, 3.8) is 0 Å². The van der Waals surface area contributed by atoms with Gasteiger partial charge < -0.3 is 15.2 Å². The maximum absolute atomic E-state index is 12.4. The summed E-state index contributed by atoms with van der Waals surface area (Å²) in [5.74, 6) is -0.639. The van der Waals surface area contributed by atoms with Gasteiger partial charge in [0.05, 0.1) is 17.2 Å². The first-order valence-corrected chi connectivity index (χ1v) is 9.92. The molecule has 3 rings (SSSR count). The van der Waals surface area contributed by atoms with Crippen LogP contribution in [0.3, 0.4) is 0 Å². The van der Waals surface area contributed by atoms with E-state index in [0.717, 1.165) is 31.1 Å². The smallest absolute Gasteiger partial charge is 0.294 e. The highest BCUT2D eigenvalue weighted by Crippen LogP contribution is 2.29. The molecule has 0 atom stereocenters. The lowest BCUT2D eigenvalue weighted by molar-refractivity contribution is 0.0533. The van der Waals surface area contributed by atoms with Gasteiger partial charge in [0, 0.05) is 30.2 Å². The third-order valence-electron chi connectivity index (χ3n) is 4.30. The molecule has 1 aliphatic heterocycles. The first-order chi connectivity index (χ1) is 12.9. The van der Waals surface area contributed by atoms with Crippen molar-refractivity contribution in [1.82, 2.24) is 20.8 Å². The van der Waals surface area contributed by atoms with E-state index in [1.165, 1.54) is 18.4 Å². The number of carbonyl (C=O) groups is 2. The Kier molecular flexibility index (Phi) is 6.25. The second-order valence-corrected chi connectivity index (χ2v) is 7.73. The molecule has 27 heavy (non-hydrogen) atoms. The summed E-state index contributed by atoms with van der Waals surface area (Å²) in [5.41, 5.74) is 3.52. The van der Waals surface area contributed by atoms with Gasteiger partial charge in [0.25, 0.3) is 11.8 Å². The summed E-state index contributed by atoms with van der Waals surface area (Å²) in [4.78, 5) is 38.1. The van der Waals surface area contributed by atoms with E-state index in [-0.39, 0.29) is 28.6 Å². The number of anilines is 1. The summed E-state index contributed by atoms with van der Waals surface area (Å²) < 4.78 is 0. The van der Waals surface area contributed by atoms with Crippen molar-refractivity contribution < 1.29 is 14.4 Å². The molecule has 0 aliphatic carbocycles. The average Bonchev–Trinajstić information content (AvgIpc) is 3.24. The molecule has 8 nitrogen and oxygen atoms in total. The molecule has 2 aromatic heterocycles. The molecule has 0 saturated carbocycles. The lowest BCUT2D eigenvalue weighted by atomic mass is 10.1. The molecule has 1 saturated heterocycles. The number of aryl methyl sites for hydroxylation is 1. The Morgan fingerprint density at radius 2 is 2.00 bits per heavy atom. The van der Waals surface area contributed by atoms with E-state index in [2.05, 4.69) is 30.5 Å². The maximum atomic E-state index is 12.4. The lowest BCUT2D eigenvalue weighted by Crippen LogP contribution is -2.44. The third-order valence-corrected chi connectivity index (χ3v) is 6.15. The van der Waals surface area contributed by atoms with E-state index in [4.69, 9.17) is 23.2 Å². The highest BCUT2D eigenvalue weighted by atomic mass is 35.5. The number of nitrogens with one attached hydrogen (secondary N) is 3. The number of H-pyrrole nitrogens is 1. The van der Waals surface area contributed by atoms with Crippen LogP contribution in [0.15, 0.2) is 5.38 Å². The van der Waals surface area contributed by atoms with Gasteiger partial charge in [-0.25, -0.2) is 10.5 Å². The Morgan fingerprint density at radius 1 is 1.30 bits per heavy atom. The number of aromatic amines is 1. The Hall–Kier alpha value is -1.81. The van der Waals surface area contributed by atoms with Crippen molar-refractivity contribution in [3.8, 4) is 0 Å². The zero-order valence-corrected chi connectivity index (χ0v) is 17.1. The number of nitrogens with zero attached hydrogens (tertiary/aromatic N) is 2. The van der Waals surface area contributed by atoms with E-state index in [1.54, 1.807) is 12.3 Å². The molecule has 1 fully saturated rings. The van der Waals surface area contributed by atoms with Crippen LogP contribution >= 0.6 is 34.5 Å². The average molecular weight is 432 g/mol. The van der Waals surface area contributed by atoms with Gasteiger partial charge in [-0.3, -0.25) is 14.4 Å². The van der Waals surface area contributed by atoms with Gasteiger partial charge in [-0.2, -0.15) is 0 Å². The third kappa shape index (κ3) is 4.37. The van der Waals surface area contributed by atoms with Gasteiger partial charge in [0.2, 0.25) is 0 Å². The first-order valence-electron chi connectivity index (χ1n) is 8.29. The fourth-order valence-electron chi connectivity index (χ4n) is 2.86. The van der Waals surface area contributed by atoms with Crippen molar-refractivity contribution in [1.29, 1.82) is 0 Å². The van der Waals surface area contributed by atoms with Crippen molar-refractivity contribution in [2.75, 3.05) is 25.1 Å². The number of rotatable bonds is 5. The fourth-order valence-corrected chi connectivity index (χ4v) is 4.14. The first kappa shape index (κ1) is 19.9. The van der Waals surface area contributed by atoms with E-state index < -0.39 is 0 Å². The molecule has 0 radical (unpaired) electrons. The number of hydrogen-bond donors (Lipinski definition) is 3. The second kappa shape index (κ2) is 8.47. The van der Waals surface area contributed by atoms with Crippen LogP contribution in [0, 0.1) is 6.92 Å². The lowest BCUT2D eigenvalue weighted by Gasteiger charge is -2.32. The van der Waals surface area contributed by atoms with Crippen LogP contribution in [0.4, 0.5) is 5.13 Å². The highest BCUT2D eigenvalue weighted by molar-refractivity contribution is 7.13. The van der Waals surface area contributed by atoms with Gasteiger partial charge in [-0.1, -0.05) is 23.2 Å². The Morgan fingerprint density at radius 3 is 2.59 bits per heavy atom. The van der Waals surface area contributed by atoms with E-state index >= 15 is 0 Å². The van der Waals surface area contributed by atoms with Gasteiger partial charge in [0.1, 0.15) is 11.4 Å². The standard InChI is InChI=1S/C16H19Cl2N5O3S/c1-8-11(17)12(18)13(19-8)15(25)20-9-3-5-23(6-4-9)16-21-10(7-27-16)14(24)22-26-2/h7,9,19H,3-6H2,1-2H3,(H,20,25)(H,22,24).